The number of aryl methyl sites for hydroxylation is 1. The molecule has 112 valence electrons. The lowest BCUT2D eigenvalue weighted by Crippen LogP contribution is -2.32. The second-order valence-electron chi connectivity index (χ2n) is 5.79. The average molecular weight is 277 g/mol. The molecule has 0 aliphatic carbocycles. The van der Waals surface area contributed by atoms with E-state index in [4.69, 9.17) is 4.98 Å². The number of nitrogens with zero attached hydrogens (tertiary/aromatic N) is 4. The van der Waals surface area contributed by atoms with Crippen molar-refractivity contribution in [3.05, 3.63) is 17.6 Å². The van der Waals surface area contributed by atoms with Crippen LogP contribution >= 0.6 is 0 Å². The standard InChI is InChI=1S/C15H27N5/c1-5-7-16-14-10-12(2)17-15(18-14)13-11-19(3)8-6-9-20(13)4/h10,13H,5-9,11H2,1-4H3,(H,16,17,18). The molecule has 0 amide bonds. The SMILES string of the molecule is CCCNc1cc(C)nc(C2CN(C)CCCN2C)n1. The molecule has 5 heteroatoms. The maximum absolute atomic E-state index is 4.73. The Morgan fingerprint density at radius 3 is 2.85 bits per heavy atom. The Morgan fingerprint density at radius 1 is 1.30 bits per heavy atom. The fourth-order valence-corrected chi connectivity index (χ4v) is 2.63. The molecule has 0 saturated carbocycles. The van der Waals surface area contributed by atoms with Crippen LogP contribution in [0.3, 0.4) is 0 Å². The molecule has 2 rings (SSSR count). The predicted molar refractivity (Wildman–Crippen MR) is 83.0 cm³/mol. The largest absolute Gasteiger partial charge is 0.370 e. The van der Waals surface area contributed by atoms with Crippen molar-refractivity contribution in [2.24, 2.45) is 0 Å². The molecule has 1 aliphatic heterocycles. The number of hydrogen-bond donors (Lipinski definition) is 1. The number of rotatable bonds is 4. The first kappa shape index (κ1) is 15.2. The highest BCUT2D eigenvalue weighted by Gasteiger charge is 2.24. The van der Waals surface area contributed by atoms with E-state index in [-0.39, 0.29) is 6.04 Å². The minimum atomic E-state index is 0.282. The summed E-state index contributed by atoms with van der Waals surface area (Å²) < 4.78 is 0. The van der Waals surface area contributed by atoms with Crippen molar-refractivity contribution in [2.45, 2.75) is 32.7 Å². The molecule has 1 aliphatic rings. The summed E-state index contributed by atoms with van der Waals surface area (Å²) in [6.07, 6.45) is 2.31. The summed E-state index contributed by atoms with van der Waals surface area (Å²) >= 11 is 0. The summed E-state index contributed by atoms with van der Waals surface area (Å²) in [4.78, 5) is 14.2. The predicted octanol–water partition coefficient (Wildman–Crippen LogP) is 1.92. The number of aromatic nitrogens is 2. The lowest BCUT2D eigenvalue weighted by atomic mass is 10.2. The Hall–Kier alpha value is -1.20. The molecule has 0 spiro atoms. The minimum Gasteiger partial charge on any atom is -0.370 e. The van der Waals surface area contributed by atoms with Crippen LogP contribution in [0.2, 0.25) is 0 Å². The lowest BCUT2D eigenvalue weighted by Gasteiger charge is -2.26. The fourth-order valence-electron chi connectivity index (χ4n) is 2.63. The van der Waals surface area contributed by atoms with Crippen molar-refractivity contribution in [2.75, 3.05) is 45.6 Å². The van der Waals surface area contributed by atoms with Crippen molar-refractivity contribution in [3.8, 4) is 0 Å². The molecule has 0 radical (unpaired) electrons. The van der Waals surface area contributed by atoms with Gasteiger partial charge in [-0.3, -0.25) is 4.90 Å². The number of likely N-dealkylation sites (N-methyl/N-ethyl adjacent to an activating group) is 2. The van der Waals surface area contributed by atoms with Crippen LogP contribution in [0, 0.1) is 6.92 Å². The third kappa shape index (κ3) is 3.90. The molecule has 1 fully saturated rings. The maximum atomic E-state index is 4.73. The van der Waals surface area contributed by atoms with Crippen LogP contribution in [0.4, 0.5) is 5.82 Å². The zero-order chi connectivity index (χ0) is 14.5. The van der Waals surface area contributed by atoms with Crippen molar-refractivity contribution in [3.63, 3.8) is 0 Å². The van der Waals surface area contributed by atoms with E-state index in [9.17, 15) is 0 Å². The molecule has 1 aromatic heterocycles. The minimum absolute atomic E-state index is 0.282. The van der Waals surface area contributed by atoms with Crippen LogP contribution in [0.5, 0.6) is 0 Å². The summed E-state index contributed by atoms with van der Waals surface area (Å²) in [5.41, 5.74) is 1.04. The molecule has 0 aromatic carbocycles. The summed E-state index contributed by atoms with van der Waals surface area (Å²) in [6, 6.07) is 2.31. The van der Waals surface area contributed by atoms with Crippen LogP contribution in [0.15, 0.2) is 6.07 Å². The molecule has 1 N–H and O–H groups in total. The maximum Gasteiger partial charge on any atom is 0.149 e. The van der Waals surface area contributed by atoms with Crippen molar-refractivity contribution < 1.29 is 0 Å². The van der Waals surface area contributed by atoms with Crippen LogP contribution in [-0.4, -0.2) is 60.0 Å². The van der Waals surface area contributed by atoms with Gasteiger partial charge in [-0.05, 0) is 47.0 Å². The topological polar surface area (TPSA) is 44.3 Å². The Morgan fingerprint density at radius 2 is 2.10 bits per heavy atom. The summed E-state index contributed by atoms with van der Waals surface area (Å²) in [5, 5.41) is 3.37. The first-order valence-corrected chi connectivity index (χ1v) is 7.58. The number of nitrogens with one attached hydrogen (secondary N) is 1. The molecular formula is C15H27N5. The van der Waals surface area contributed by atoms with E-state index in [0.29, 0.717) is 0 Å². The highest BCUT2D eigenvalue weighted by Crippen LogP contribution is 2.21. The third-order valence-corrected chi connectivity index (χ3v) is 3.79. The van der Waals surface area contributed by atoms with Gasteiger partial charge >= 0.3 is 0 Å². The monoisotopic (exact) mass is 277 g/mol. The first-order chi connectivity index (χ1) is 9.60. The van der Waals surface area contributed by atoms with Gasteiger partial charge in [-0.25, -0.2) is 9.97 Å². The lowest BCUT2D eigenvalue weighted by molar-refractivity contribution is 0.219. The molecule has 0 bridgehead atoms. The zero-order valence-corrected chi connectivity index (χ0v) is 13.2. The van der Waals surface area contributed by atoms with Gasteiger partial charge in [0.15, 0.2) is 0 Å². The molecular weight excluding hydrogens is 250 g/mol. The van der Waals surface area contributed by atoms with Crippen molar-refractivity contribution in [1.29, 1.82) is 0 Å². The Bertz CT molecular complexity index is 434. The normalized spacial score (nSPS) is 21.7. The fraction of sp³-hybridized carbons (Fsp3) is 0.733. The molecule has 1 unspecified atom stereocenters. The third-order valence-electron chi connectivity index (χ3n) is 3.79. The van der Waals surface area contributed by atoms with Gasteiger partial charge in [0.1, 0.15) is 11.6 Å². The van der Waals surface area contributed by atoms with E-state index in [1.165, 1.54) is 6.42 Å². The molecule has 5 nitrogen and oxygen atoms in total. The quantitative estimate of drug-likeness (QED) is 0.911. The van der Waals surface area contributed by atoms with E-state index in [1.807, 2.05) is 13.0 Å². The number of anilines is 1. The van der Waals surface area contributed by atoms with Crippen LogP contribution in [0.1, 0.15) is 37.3 Å². The summed E-state index contributed by atoms with van der Waals surface area (Å²) in [6.45, 7) is 8.40. The molecule has 1 saturated heterocycles. The van der Waals surface area contributed by atoms with Crippen molar-refractivity contribution in [1.82, 2.24) is 19.8 Å². The highest BCUT2D eigenvalue weighted by atomic mass is 15.2. The Balaban J connectivity index is 2.22. The van der Waals surface area contributed by atoms with Gasteiger partial charge in [-0.2, -0.15) is 0 Å². The smallest absolute Gasteiger partial charge is 0.149 e. The van der Waals surface area contributed by atoms with Gasteiger partial charge in [0, 0.05) is 24.8 Å². The van der Waals surface area contributed by atoms with Gasteiger partial charge in [-0.15, -0.1) is 0 Å². The molecule has 2 heterocycles. The summed E-state index contributed by atoms with van der Waals surface area (Å²) in [5.74, 6) is 1.90. The molecule has 20 heavy (non-hydrogen) atoms. The van der Waals surface area contributed by atoms with Gasteiger partial charge in [0.25, 0.3) is 0 Å². The van der Waals surface area contributed by atoms with E-state index in [2.05, 4.69) is 41.1 Å². The van der Waals surface area contributed by atoms with Crippen molar-refractivity contribution >= 4 is 5.82 Å². The second kappa shape index (κ2) is 6.99. The van der Waals surface area contributed by atoms with E-state index in [1.54, 1.807) is 0 Å². The van der Waals surface area contributed by atoms with Gasteiger partial charge in [0.05, 0.1) is 6.04 Å². The average Bonchev–Trinajstić information content (AvgIpc) is 2.57. The van der Waals surface area contributed by atoms with E-state index < -0.39 is 0 Å². The van der Waals surface area contributed by atoms with Crippen LogP contribution < -0.4 is 5.32 Å². The van der Waals surface area contributed by atoms with Gasteiger partial charge in [0.2, 0.25) is 0 Å². The van der Waals surface area contributed by atoms with E-state index >= 15 is 0 Å². The van der Waals surface area contributed by atoms with Crippen LogP contribution in [-0.2, 0) is 0 Å². The molecule has 1 aromatic rings. The Labute approximate surface area is 122 Å². The Kier molecular flexibility index (Phi) is 5.31. The second-order valence-corrected chi connectivity index (χ2v) is 5.79. The zero-order valence-electron chi connectivity index (χ0n) is 13.2. The first-order valence-electron chi connectivity index (χ1n) is 7.58. The van der Waals surface area contributed by atoms with Gasteiger partial charge in [-0.1, -0.05) is 6.92 Å². The van der Waals surface area contributed by atoms with Gasteiger partial charge < -0.3 is 10.2 Å². The number of hydrogen-bond acceptors (Lipinski definition) is 5. The molecule has 1 atom stereocenters. The summed E-state index contributed by atoms with van der Waals surface area (Å²) in [7, 11) is 4.35. The van der Waals surface area contributed by atoms with Crippen LogP contribution in [0.25, 0.3) is 0 Å². The highest BCUT2D eigenvalue weighted by molar-refractivity contribution is 5.36. The van der Waals surface area contributed by atoms with E-state index in [0.717, 1.165) is 49.9 Å².